The lowest BCUT2D eigenvalue weighted by Crippen LogP contribution is -2.19. The summed E-state index contributed by atoms with van der Waals surface area (Å²) in [7, 11) is -4.19. The lowest BCUT2D eigenvalue weighted by Gasteiger charge is -1.96. The van der Waals surface area contributed by atoms with Crippen LogP contribution in [0.1, 0.15) is 9.67 Å². The molecule has 0 saturated carbocycles. The van der Waals surface area contributed by atoms with E-state index in [1.165, 1.54) is 6.07 Å². The molecular formula is C5H5NO4S2. The van der Waals surface area contributed by atoms with Crippen molar-refractivity contribution in [3.8, 4) is 0 Å². The van der Waals surface area contributed by atoms with Crippen LogP contribution in [0.3, 0.4) is 0 Å². The van der Waals surface area contributed by atoms with E-state index in [4.69, 9.17) is 0 Å². The van der Waals surface area contributed by atoms with Crippen LogP contribution in [0.2, 0.25) is 0 Å². The van der Waals surface area contributed by atoms with Crippen molar-refractivity contribution in [2.24, 2.45) is 5.14 Å². The van der Waals surface area contributed by atoms with Crippen molar-refractivity contribution in [3.63, 3.8) is 0 Å². The van der Waals surface area contributed by atoms with Crippen molar-refractivity contribution in [1.82, 2.24) is 0 Å². The first kappa shape index (κ1) is 9.17. The molecule has 66 valence electrons. The topological polar surface area (TPSA) is 86.5 Å². The highest BCUT2D eigenvalue weighted by molar-refractivity contribution is 7.84. The van der Waals surface area contributed by atoms with Gasteiger partial charge in [-0.3, -0.25) is 0 Å². The fourth-order valence-corrected chi connectivity index (χ4v) is 1.49. The number of hydrogen-bond acceptors (Lipinski definition) is 5. The van der Waals surface area contributed by atoms with E-state index in [1.54, 1.807) is 11.4 Å². The average Bonchev–Trinajstić information content (AvgIpc) is 2.32. The number of carbonyl (C=O) groups is 1. The van der Waals surface area contributed by atoms with Gasteiger partial charge in [0.15, 0.2) is 0 Å². The second kappa shape index (κ2) is 3.21. The average molecular weight is 207 g/mol. The van der Waals surface area contributed by atoms with E-state index in [0.29, 0.717) is 0 Å². The van der Waals surface area contributed by atoms with E-state index >= 15 is 0 Å². The summed E-state index contributed by atoms with van der Waals surface area (Å²) in [6.45, 7) is 0. The SMILES string of the molecule is NS(=O)(=O)OC(=O)c1cccs1. The summed E-state index contributed by atoms with van der Waals surface area (Å²) in [6, 6.07) is 3.04. The molecule has 2 N–H and O–H groups in total. The number of nitrogens with two attached hydrogens (primary N) is 1. The monoisotopic (exact) mass is 207 g/mol. The summed E-state index contributed by atoms with van der Waals surface area (Å²) in [4.78, 5) is 11.0. The molecule has 1 heterocycles. The molecule has 0 aromatic carbocycles. The van der Waals surface area contributed by atoms with Crippen LogP contribution in [-0.2, 0) is 14.5 Å². The Morgan fingerprint density at radius 1 is 1.58 bits per heavy atom. The van der Waals surface area contributed by atoms with Gasteiger partial charge < -0.3 is 4.18 Å². The zero-order valence-corrected chi connectivity index (χ0v) is 7.39. The number of rotatable bonds is 2. The molecule has 12 heavy (non-hydrogen) atoms. The van der Waals surface area contributed by atoms with Gasteiger partial charge in [0.05, 0.1) is 0 Å². The van der Waals surface area contributed by atoms with Gasteiger partial charge in [-0.15, -0.1) is 11.3 Å². The molecule has 1 aromatic heterocycles. The van der Waals surface area contributed by atoms with Gasteiger partial charge in [0.2, 0.25) is 0 Å². The van der Waals surface area contributed by atoms with Crippen molar-refractivity contribution >= 4 is 27.6 Å². The Bertz CT molecular complexity index is 366. The first-order valence-electron chi connectivity index (χ1n) is 2.79. The number of thiophene rings is 1. The second-order valence-corrected chi connectivity index (χ2v) is 3.94. The molecule has 0 unspecified atom stereocenters. The second-order valence-electron chi connectivity index (χ2n) is 1.84. The summed E-state index contributed by atoms with van der Waals surface area (Å²) in [6.07, 6.45) is 0. The van der Waals surface area contributed by atoms with Crippen molar-refractivity contribution < 1.29 is 17.4 Å². The van der Waals surface area contributed by atoms with E-state index in [9.17, 15) is 13.2 Å². The first-order chi connectivity index (χ1) is 5.49. The highest BCUT2D eigenvalue weighted by Gasteiger charge is 2.14. The Hall–Kier alpha value is -0.920. The highest BCUT2D eigenvalue weighted by atomic mass is 32.2. The third-order valence-electron chi connectivity index (χ3n) is 0.914. The molecule has 5 nitrogen and oxygen atoms in total. The molecule has 0 radical (unpaired) electrons. The fraction of sp³-hybridized carbons (Fsp3) is 0. The molecule has 0 amide bonds. The Morgan fingerprint density at radius 2 is 2.25 bits per heavy atom. The van der Waals surface area contributed by atoms with Gasteiger partial charge in [0.1, 0.15) is 4.88 Å². The van der Waals surface area contributed by atoms with Gasteiger partial charge >= 0.3 is 16.3 Å². The summed E-state index contributed by atoms with van der Waals surface area (Å²) in [5.41, 5.74) is 0. The first-order valence-corrected chi connectivity index (χ1v) is 5.14. The van der Waals surface area contributed by atoms with Crippen molar-refractivity contribution in [3.05, 3.63) is 22.4 Å². The maximum Gasteiger partial charge on any atom is 0.382 e. The molecule has 1 aromatic rings. The van der Waals surface area contributed by atoms with Gasteiger partial charge in [-0.25, -0.2) is 4.79 Å². The largest absolute Gasteiger partial charge is 0.382 e. The number of carbonyl (C=O) groups excluding carboxylic acids is 1. The maximum absolute atomic E-state index is 10.9. The van der Waals surface area contributed by atoms with Crippen LogP contribution in [-0.4, -0.2) is 14.4 Å². The van der Waals surface area contributed by atoms with Gasteiger partial charge in [-0.1, -0.05) is 6.07 Å². The Labute approximate surface area is 73.0 Å². The van der Waals surface area contributed by atoms with E-state index in [2.05, 4.69) is 9.32 Å². The van der Waals surface area contributed by atoms with E-state index < -0.39 is 16.3 Å². The molecular weight excluding hydrogens is 202 g/mol. The summed E-state index contributed by atoms with van der Waals surface area (Å²) in [5, 5.41) is 6.10. The number of hydrogen-bond donors (Lipinski definition) is 1. The van der Waals surface area contributed by atoms with Crippen LogP contribution in [0.25, 0.3) is 0 Å². The highest BCUT2D eigenvalue weighted by Crippen LogP contribution is 2.10. The van der Waals surface area contributed by atoms with Crippen molar-refractivity contribution in [2.45, 2.75) is 0 Å². The molecule has 0 saturated heterocycles. The Balaban J connectivity index is 2.76. The normalized spacial score (nSPS) is 11.1. The Kier molecular flexibility index (Phi) is 2.46. The lowest BCUT2D eigenvalue weighted by atomic mass is 10.5. The molecule has 0 aliphatic carbocycles. The molecule has 0 aliphatic heterocycles. The van der Waals surface area contributed by atoms with Crippen LogP contribution < -0.4 is 5.14 Å². The predicted molar refractivity (Wildman–Crippen MR) is 42.8 cm³/mol. The standard InChI is InChI=1S/C5H5NO4S2/c6-12(8,9)10-5(7)4-2-1-3-11-4/h1-3H,(H2,6,8,9). The Morgan fingerprint density at radius 3 is 2.67 bits per heavy atom. The molecule has 0 atom stereocenters. The molecule has 0 fully saturated rings. The molecule has 0 bridgehead atoms. The van der Waals surface area contributed by atoms with Gasteiger partial charge in [0.25, 0.3) is 0 Å². The van der Waals surface area contributed by atoms with Gasteiger partial charge in [0, 0.05) is 0 Å². The van der Waals surface area contributed by atoms with E-state index in [-0.39, 0.29) is 4.88 Å². The van der Waals surface area contributed by atoms with Crippen molar-refractivity contribution in [2.75, 3.05) is 0 Å². The smallest absolute Gasteiger partial charge is 0.329 e. The van der Waals surface area contributed by atoms with Crippen LogP contribution in [0.5, 0.6) is 0 Å². The summed E-state index contributed by atoms with van der Waals surface area (Å²) < 4.78 is 24.5. The quantitative estimate of drug-likeness (QED) is 0.745. The molecule has 0 aliphatic rings. The third kappa shape index (κ3) is 2.61. The zero-order valence-electron chi connectivity index (χ0n) is 5.76. The maximum atomic E-state index is 10.9. The summed E-state index contributed by atoms with van der Waals surface area (Å²) >= 11 is 1.08. The molecule has 1 rings (SSSR count). The molecule has 0 spiro atoms. The minimum atomic E-state index is -4.19. The molecule has 7 heteroatoms. The van der Waals surface area contributed by atoms with Crippen LogP contribution in [0.15, 0.2) is 17.5 Å². The summed E-state index contributed by atoms with van der Waals surface area (Å²) in [5.74, 6) is -0.951. The van der Waals surface area contributed by atoms with Gasteiger partial charge in [-0.2, -0.15) is 13.6 Å². The fourth-order valence-electron chi connectivity index (χ4n) is 0.541. The van der Waals surface area contributed by atoms with Crippen LogP contribution >= 0.6 is 11.3 Å². The minimum absolute atomic E-state index is 0.198. The van der Waals surface area contributed by atoms with E-state index in [1.807, 2.05) is 0 Å². The van der Waals surface area contributed by atoms with Crippen LogP contribution in [0, 0.1) is 0 Å². The van der Waals surface area contributed by atoms with E-state index in [0.717, 1.165) is 11.3 Å². The lowest BCUT2D eigenvalue weighted by molar-refractivity contribution is 0.0752. The zero-order chi connectivity index (χ0) is 9.19. The van der Waals surface area contributed by atoms with Gasteiger partial charge in [-0.05, 0) is 11.4 Å². The minimum Gasteiger partial charge on any atom is -0.329 e. The third-order valence-corrected chi connectivity index (χ3v) is 2.15. The van der Waals surface area contributed by atoms with Crippen molar-refractivity contribution in [1.29, 1.82) is 0 Å². The van der Waals surface area contributed by atoms with Crippen LogP contribution in [0.4, 0.5) is 0 Å². The predicted octanol–water partition coefficient (Wildman–Crippen LogP) is 0.108.